The van der Waals surface area contributed by atoms with E-state index in [4.69, 9.17) is 23.2 Å². The first-order valence-corrected chi connectivity index (χ1v) is 12.5. The van der Waals surface area contributed by atoms with Crippen molar-refractivity contribution < 1.29 is 18.0 Å². The number of carbonyl (C=O) groups excluding carboxylic acids is 1. The van der Waals surface area contributed by atoms with Gasteiger partial charge in [0.15, 0.2) is 4.47 Å². The van der Waals surface area contributed by atoms with Gasteiger partial charge in [0.05, 0.1) is 15.7 Å². The standard InChI is InChI=1S/C24H19Cl2F3N4OS/c25-13-2-8-17-16(10-13)19(11-21(32-17)24(27,28)29)30-14-3-5-15(6-4-14)31-22(34)12-1-7-18-20(9-12)35-23(26)33-18/h1-2,7-11,14-15H,3-6H2,(H,30,32)(H,31,34). The van der Waals surface area contributed by atoms with Crippen molar-refractivity contribution in [3.63, 3.8) is 0 Å². The molecule has 35 heavy (non-hydrogen) atoms. The van der Waals surface area contributed by atoms with Gasteiger partial charge < -0.3 is 10.6 Å². The molecule has 4 aromatic rings. The van der Waals surface area contributed by atoms with Crippen LogP contribution >= 0.6 is 34.5 Å². The van der Waals surface area contributed by atoms with E-state index >= 15 is 0 Å². The molecule has 11 heteroatoms. The number of nitrogens with one attached hydrogen (secondary N) is 2. The molecule has 0 unspecified atom stereocenters. The Hall–Kier alpha value is -2.62. The molecule has 0 bridgehead atoms. The van der Waals surface area contributed by atoms with Crippen LogP contribution in [0.1, 0.15) is 41.7 Å². The van der Waals surface area contributed by atoms with E-state index in [1.165, 1.54) is 23.5 Å². The largest absolute Gasteiger partial charge is 0.433 e. The Bertz CT molecular complexity index is 1420. The van der Waals surface area contributed by atoms with Crippen LogP contribution in [0.2, 0.25) is 9.49 Å². The summed E-state index contributed by atoms with van der Waals surface area (Å²) >= 11 is 13.4. The molecule has 1 aliphatic rings. The van der Waals surface area contributed by atoms with Crippen LogP contribution in [0.3, 0.4) is 0 Å². The van der Waals surface area contributed by atoms with E-state index in [0.717, 1.165) is 16.3 Å². The first kappa shape index (κ1) is 24.1. The Morgan fingerprint density at radius 2 is 1.66 bits per heavy atom. The lowest BCUT2D eigenvalue weighted by molar-refractivity contribution is -0.140. The number of alkyl halides is 3. The molecule has 2 aromatic carbocycles. The van der Waals surface area contributed by atoms with Gasteiger partial charge in [-0.05, 0) is 68.1 Å². The van der Waals surface area contributed by atoms with Gasteiger partial charge in [0.2, 0.25) is 0 Å². The van der Waals surface area contributed by atoms with Gasteiger partial charge in [-0.15, -0.1) is 11.3 Å². The fraction of sp³-hybridized carbons (Fsp3) is 0.292. The van der Waals surface area contributed by atoms with Gasteiger partial charge in [-0.2, -0.15) is 13.2 Å². The third-order valence-corrected chi connectivity index (χ3v) is 7.47. The second-order valence-corrected chi connectivity index (χ2v) is 10.6. The van der Waals surface area contributed by atoms with Crippen molar-refractivity contribution in [2.45, 2.75) is 43.9 Å². The molecule has 0 spiro atoms. The Kier molecular flexibility index (Phi) is 6.50. The number of anilines is 1. The number of hydrogen-bond donors (Lipinski definition) is 2. The molecular weight excluding hydrogens is 520 g/mol. The van der Waals surface area contributed by atoms with E-state index in [9.17, 15) is 18.0 Å². The van der Waals surface area contributed by atoms with Gasteiger partial charge in [0.25, 0.3) is 5.91 Å². The van der Waals surface area contributed by atoms with E-state index in [1.54, 1.807) is 24.3 Å². The summed E-state index contributed by atoms with van der Waals surface area (Å²) in [6, 6.07) is 10.9. The number of hydrogen-bond acceptors (Lipinski definition) is 5. The number of aromatic nitrogens is 2. The molecule has 2 N–H and O–H groups in total. The maximum atomic E-state index is 13.4. The molecule has 0 saturated heterocycles. The number of fused-ring (bicyclic) bond motifs is 2. The average molecular weight is 539 g/mol. The van der Waals surface area contributed by atoms with Crippen molar-refractivity contribution in [2.24, 2.45) is 0 Å². The SMILES string of the molecule is O=C(NC1CCC(Nc2cc(C(F)(F)F)nc3ccc(Cl)cc23)CC1)c1ccc2nc(Cl)sc2c1. The fourth-order valence-corrected chi connectivity index (χ4v) is 5.61. The van der Waals surface area contributed by atoms with Crippen LogP contribution in [0.4, 0.5) is 18.9 Å². The number of nitrogens with zero attached hydrogens (tertiary/aromatic N) is 2. The summed E-state index contributed by atoms with van der Waals surface area (Å²) in [4.78, 5) is 20.7. The van der Waals surface area contributed by atoms with Crippen LogP contribution in [0.25, 0.3) is 21.1 Å². The second-order valence-electron chi connectivity index (χ2n) is 8.53. The highest BCUT2D eigenvalue weighted by Crippen LogP contribution is 2.35. The number of thiazole rings is 1. The minimum atomic E-state index is -4.56. The van der Waals surface area contributed by atoms with Gasteiger partial charge >= 0.3 is 6.18 Å². The summed E-state index contributed by atoms with van der Waals surface area (Å²) in [7, 11) is 0. The zero-order valence-electron chi connectivity index (χ0n) is 18.1. The van der Waals surface area contributed by atoms with E-state index in [0.29, 0.717) is 51.8 Å². The maximum absolute atomic E-state index is 13.4. The van der Waals surface area contributed by atoms with Crippen LogP contribution in [0.15, 0.2) is 42.5 Å². The molecule has 1 saturated carbocycles. The van der Waals surface area contributed by atoms with E-state index in [1.807, 2.05) is 0 Å². The Morgan fingerprint density at radius 3 is 2.40 bits per heavy atom. The molecule has 0 aliphatic heterocycles. The topological polar surface area (TPSA) is 66.9 Å². The average Bonchev–Trinajstić information content (AvgIpc) is 3.19. The monoisotopic (exact) mass is 538 g/mol. The van der Waals surface area contributed by atoms with Gasteiger partial charge in [0.1, 0.15) is 5.69 Å². The lowest BCUT2D eigenvalue weighted by Gasteiger charge is -2.30. The second kappa shape index (κ2) is 9.44. The molecule has 5 rings (SSSR count). The van der Waals surface area contributed by atoms with Gasteiger partial charge in [-0.3, -0.25) is 4.79 Å². The first-order valence-electron chi connectivity index (χ1n) is 11.0. The highest BCUT2D eigenvalue weighted by Gasteiger charge is 2.34. The highest BCUT2D eigenvalue weighted by atomic mass is 35.5. The van der Waals surface area contributed by atoms with Crippen molar-refractivity contribution >= 4 is 67.3 Å². The third-order valence-electron chi connectivity index (χ3n) is 6.11. The number of carbonyl (C=O) groups is 1. The molecule has 182 valence electrons. The predicted molar refractivity (Wildman–Crippen MR) is 134 cm³/mol. The number of halogens is 5. The Morgan fingerprint density at radius 1 is 0.943 bits per heavy atom. The molecule has 1 aliphatic carbocycles. The summed E-state index contributed by atoms with van der Waals surface area (Å²) in [6.45, 7) is 0. The summed E-state index contributed by atoms with van der Waals surface area (Å²) in [5.74, 6) is -0.169. The van der Waals surface area contributed by atoms with Crippen molar-refractivity contribution in [1.82, 2.24) is 15.3 Å². The van der Waals surface area contributed by atoms with Gasteiger partial charge in [-0.1, -0.05) is 23.2 Å². The Labute approximate surface area is 212 Å². The smallest absolute Gasteiger partial charge is 0.382 e. The van der Waals surface area contributed by atoms with Crippen LogP contribution in [-0.2, 0) is 6.18 Å². The molecular formula is C24H19Cl2F3N4OS. The van der Waals surface area contributed by atoms with Gasteiger partial charge in [-0.25, -0.2) is 9.97 Å². The zero-order chi connectivity index (χ0) is 24.7. The van der Waals surface area contributed by atoms with Crippen LogP contribution in [-0.4, -0.2) is 28.0 Å². The predicted octanol–water partition coefficient (Wildman–Crippen LogP) is 7.32. The summed E-state index contributed by atoms with van der Waals surface area (Å²) < 4.78 is 41.4. The lowest BCUT2D eigenvalue weighted by Crippen LogP contribution is -2.40. The summed E-state index contributed by atoms with van der Waals surface area (Å²) in [5, 5.41) is 7.29. The fourth-order valence-electron chi connectivity index (χ4n) is 4.37. The van der Waals surface area contributed by atoms with E-state index in [2.05, 4.69) is 20.6 Å². The molecule has 1 fully saturated rings. The van der Waals surface area contributed by atoms with Crippen LogP contribution in [0, 0.1) is 0 Å². The summed E-state index contributed by atoms with van der Waals surface area (Å²) in [5.41, 5.74) is 0.926. The third kappa shape index (κ3) is 5.32. The van der Waals surface area contributed by atoms with Crippen molar-refractivity contribution in [3.8, 4) is 0 Å². The highest BCUT2D eigenvalue weighted by molar-refractivity contribution is 7.22. The number of rotatable bonds is 4. The van der Waals surface area contributed by atoms with E-state index in [-0.39, 0.29) is 23.5 Å². The minimum absolute atomic E-state index is 0.0179. The quantitative estimate of drug-likeness (QED) is 0.285. The van der Waals surface area contributed by atoms with Crippen molar-refractivity contribution in [1.29, 1.82) is 0 Å². The Balaban J connectivity index is 1.26. The van der Waals surface area contributed by atoms with E-state index < -0.39 is 11.9 Å². The molecule has 2 aromatic heterocycles. The molecule has 1 amide bonds. The number of benzene rings is 2. The maximum Gasteiger partial charge on any atom is 0.433 e. The summed E-state index contributed by atoms with van der Waals surface area (Å²) in [6.07, 6.45) is -1.76. The molecule has 2 heterocycles. The molecule has 5 nitrogen and oxygen atoms in total. The first-order chi connectivity index (χ1) is 16.7. The zero-order valence-corrected chi connectivity index (χ0v) is 20.5. The number of pyridine rings is 1. The minimum Gasteiger partial charge on any atom is -0.382 e. The van der Waals surface area contributed by atoms with Crippen LogP contribution in [0.5, 0.6) is 0 Å². The van der Waals surface area contributed by atoms with Gasteiger partial charge in [0, 0.05) is 33.7 Å². The van der Waals surface area contributed by atoms with Crippen molar-refractivity contribution in [2.75, 3.05) is 5.32 Å². The number of amides is 1. The molecule has 0 atom stereocenters. The van der Waals surface area contributed by atoms with Crippen molar-refractivity contribution in [3.05, 3.63) is 63.2 Å². The molecule has 0 radical (unpaired) electrons. The lowest BCUT2D eigenvalue weighted by atomic mass is 9.90. The normalized spacial score (nSPS) is 18.7. The van der Waals surface area contributed by atoms with Crippen LogP contribution < -0.4 is 10.6 Å².